The van der Waals surface area contributed by atoms with Gasteiger partial charge in [0.2, 0.25) is 0 Å². The van der Waals surface area contributed by atoms with Crippen LogP contribution < -0.4 is 11.3 Å². The number of nitrogens with two attached hydrogens (primary N) is 1. The molecule has 1 aromatic heterocycles. The van der Waals surface area contributed by atoms with Gasteiger partial charge in [-0.05, 0) is 42.0 Å². The largest absolute Gasteiger partial charge is 0.416 e. The van der Waals surface area contributed by atoms with Gasteiger partial charge in [0.05, 0.1) is 17.4 Å². The second kappa shape index (κ2) is 5.84. The summed E-state index contributed by atoms with van der Waals surface area (Å²) in [6.45, 7) is 0. The Kier molecular flexibility index (Phi) is 3.84. The molecule has 0 aliphatic heterocycles. The fourth-order valence-electron chi connectivity index (χ4n) is 2.23. The molecule has 0 saturated heterocycles. The Morgan fingerprint density at radius 2 is 1.54 bits per heavy atom. The molecule has 24 heavy (non-hydrogen) atoms. The summed E-state index contributed by atoms with van der Waals surface area (Å²) in [7, 11) is 0. The van der Waals surface area contributed by atoms with Crippen molar-refractivity contribution in [3.05, 3.63) is 76.7 Å². The quantitative estimate of drug-likeness (QED) is 0.731. The molecular formula is C17H12F3N3O. The number of alkyl halides is 3. The Balaban J connectivity index is 1.95. The molecule has 0 fully saturated rings. The molecule has 0 atom stereocenters. The zero-order chi connectivity index (χ0) is 17.3. The van der Waals surface area contributed by atoms with Gasteiger partial charge in [0.15, 0.2) is 0 Å². The molecule has 4 nitrogen and oxygen atoms in total. The van der Waals surface area contributed by atoms with Crippen LogP contribution in [0.2, 0.25) is 0 Å². The molecule has 0 saturated carbocycles. The third-order valence-electron chi connectivity index (χ3n) is 3.48. The number of hydrogen-bond donors (Lipinski definition) is 1. The van der Waals surface area contributed by atoms with Gasteiger partial charge in [-0.1, -0.05) is 12.1 Å². The van der Waals surface area contributed by atoms with Crippen molar-refractivity contribution in [3.63, 3.8) is 0 Å². The van der Waals surface area contributed by atoms with E-state index in [4.69, 9.17) is 5.73 Å². The smallest absolute Gasteiger partial charge is 0.399 e. The number of rotatable bonds is 2. The lowest BCUT2D eigenvalue weighted by atomic mass is 10.1. The van der Waals surface area contributed by atoms with Crippen LogP contribution in [0, 0.1) is 0 Å². The van der Waals surface area contributed by atoms with Gasteiger partial charge < -0.3 is 5.73 Å². The number of nitrogen functional groups attached to an aromatic ring is 1. The average Bonchev–Trinajstić information content (AvgIpc) is 2.55. The molecule has 0 amide bonds. The topological polar surface area (TPSA) is 60.9 Å². The summed E-state index contributed by atoms with van der Waals surface area (Å²) in [5.41, 5.74) is 6.63. The highest BCUT2D eigenvalue weighted by Gasteiger charge is 2.30. The van der Waals surface area contributed by atoms with E-state index in [9.17, 15) is 18.0 Å². The van der Waals surface area contributed by atoms with E-state index in [0.717, 1.165) is 22.4 Å². The maximum Gasteiger partial charge on any atom is 0.416 e. The first-order valence-corrected chi connectivity index (χ1v) is 6.97. The van der Waals surface area contributed by atoms with E-state index in [0.29, 0.717) is 11.3 Å². The number of benzene rings is 2. The van der Waals surface area contributed by atoms with Crippen LogP contribution in [-0.2, 0) is 6.18 Å². The van der Waals surface area contributed by atoms with Crippen LogP contribution >= 0.6 is 0 Å². The summed E-state index contributed by atoms with van der Waals surface area (Å²) < 4.78 is 38.8. The molecule has 0 aliphatic rings. The van der Waals surface area contributed by atoms with E-state index < -0.39 is 17.3 Å². The second-order valence-corrected chi connectivity index (χ2v) is 5.16. The summed E-state index contributed by atoms with van der Waals surface area (Å²) in [5.74, 6) is 0. The molecule has 0 bridgehead atoms. The molecule has 3 aromatic rings. The van der Waals surface area contributed by atoms with Gasteiger partial charge in [0.1, 0.15) is 0 Å². The van der Waals surface area contributed by atoms with Crippen molar-refractivity contribution in [3.8, 4) is 16.8 Å². The molecular weight excluding hydrogens is 319 g/mol. The standard InChI is InChI=1S/C17H12F3N3O/c18-17(19,20)13-3-7-15(8-4-13)23-16(24)9-12(10-22-23)11-1-5-14(21)6-2-11/h1-10H,21H2. The number of nitrogens with zero attached hydrogens (tertiary/aromatic N) is 2. The minimum absolute atomic E-state index is 0.261. The normalized spacial score (nSPS) is 11.5. The van der Waals surface area contributed by atoms with Crippen molar-refractivity contribution in [1.29, 1.82) is 0 Å². The van der Waals surface area contributed by atoms with Gasteiger partial charge in [0.25, 0.3) is 5.56 Å². The third kappa shape index (κ3) is 3.15. The first kappa shape index (κ1) is 15.8. The summed E-state index contributed by atoms with van der Waals surface area (Å²) in [6.07, 6.45) is -2.94. The van der Waals surface area contributed by atoms with Crippen LogP contribution in [0.25, 0.3) is 16.8 Å². The summed E-state index contributed by atoms with van der Waals surface area (Å²) in [4.78, 5) is 12.2. The van der Waals surface area contributed by atoms with Gasteiger partial charge in [-0.25, -0.2) is 0 Å². The van der Waals surface area contributed by atoms with Gasteiger partial charge in [-0.15, -0.1) is 0 Å². The van der Waals surface area contributed by atoms with E-state index in [-0.39, 0.29) is 5.69 Å². The fraction of sp³-hybridized carbons (Fsp3) is 0.0588. The van der Waals surface area contributed by atoms with Gasteiger partial charge in [0, 0.05) is 17.3 Å². The molecule has 0 aliphatic carbocycles. The predicted octanol–water partition coefficient (Wildman–Crippen LogP) is 3.50. The van der Waals surface area contributed by atoms with E-state index in [2.05, 4.69) is 5.10 Å². The minimum atomic E-state index is -4.42. The van der Waals surface area contributed by atoms with Crippen LogP contribution in [0.1, 0.15) is 5.56 Å². The maximum absolute atomic E-state index is 12.6. The van der Waals surface area contributed by atoms with E-state index >= 15 is 0 Å². The van der Waals surface area contributed by atoms with Gasteiger partial charge in [-0.3, -0.25) is 4.79 Å². The van der Waals surface area contributed by atoms with E-state index in [1.165, 1.54) is 24.4 Å². The monoisotopic (exact) mass is 331 g/mol. The van der Waals surface area contributed by atoms with Crippen molar-refractivity contribution in [2.24, 2.45) is 0 Å². The van der Waals surface area contributed by atoms with E-state index in [1.807, 2.05) is 0 Å². The Hall–Kier alpha value is -3.09. The first-order chi connectivity index (χ1) is 11.3. The number of anilines is 1. The fourth-order valence-corrected chi connectivity index (χ4v) is 2.23. The lowest BCUT2D eigenvalue weighted by Gasteiger charge is -2.09. The Morgan fingerprint density at radius 1 is 0.917 bits per heavy atom. The molecule has 0 unspecified atom stereocenters. The lowest BCUT2D eigenvalue weighted by Crippen LogP contribution is -2.20. The molecule has 2 aromatic carbocycles. The zero-order valence-electron chi connectivity index (χ0n) is 12.3. The molecule has 122 valence electrons. The molecule has 7 heteroatoms. The van der Waals surface area contributed by atoms with E-state index in [1.54, 1.807) is 24.3 Å². The van der Waals surface area contributed by atoms with Crippen LogP contribution in [0.15, 0.2) is 65.6 Å². The summed E-state index contributed by atoms with van der Waals surface area (Å²) >= 11 is 0. The van der Waals surface area contributed by atoms with Gasteiger partial charge >= 0.3 is 6.18 Å². The van der Waals surface area contributed by atoms with Crippen LogP contribution in [0.3, 0.4) is 0 Å². The molecule has 1 heterocycles. The Labute approximate surface area is 135 Å². The van der Waals surface area contributed by atoms with Crippen molar-refractivity contribution in [1.82, 2.24) is 9.78 Å². The SMILES string of the molecule is Nc1ccc(-c2cnn(-c3ccc(C(F)(F)F)cc3)c(=O)c2)cc1. The first-order valence-electron chi connectivity index (χ1n) is 6.97. The highest BCUT2D eigenvalue weighted by molar-refractivity contribution is 5.64. The number of aromatic nitrogens is 2. The molecule has 2 N–H and O–H groups in total. The second-order valence-electron chi connectivity index (χ2n) is 5.16. The maximum atomic E-state index is 12.6. The average molecular weight is 331 g/mol. The number of halogens is 3. The highest BCUT2D eigenvalue weighted by atomic mass is 19.4. The minimum Gasteiger partial charge on any atom is -0.399 e. The highest BCUT2D eigenvalue weighted by Crippen LogP contribution is 2.29. The van der Waals surface area contributed by atoms with Crippen LogP contribution in [0.4, 0.5) is 18.9 Å². The zero-order valence-corrected chi connectivity index (χ0v) is 12.3. The van der Waals surface area contributed by atoms with Crippen molar-refractivity contribution in [2.75, 3.05) is 5.73 Å². The van der Waals surface area contributed by atoms with Crippen molar-refractivity contribution < 1.29 is 13.2 Å². The van der Waals surface area contributed by atoms with Crippen molar-refractivity contribution >= 4 is 5.69 Å². The van der Waals surface area contributed by atoms with Crippen molar-refractivity contribution in [2.45, 2.75) is 6.18 Å². The number of hydrogen-bond acceptors (Lipinski definition) is 3. The van der Waals surface area contributed by atoms with Crippen LogP contribution in [-0.4, -0.2) is 9.78 Å². The summed E-state index contributed by atoms with van der Waals surface area (Å²) in [5, 5.41) is 4.03. The van der Waals surface area contributed by atoms with Gasteiger partial charge in [-0.2, -0.15) is 23.0 Å². The molecule has 0 spiro atoms. The molecule has 0 radical (unpaired) electrons. The molecule has 3 rings (SSSR count). The predicted molar refractivity (Wildman–Crippen MR) is 84.7 cm³/mol. The lowest BCUT2D eigenvalue weighted by molar-refractivity contribution is -0.137. The Morgan fingerprint density at radius 3 is 2.08 bits per heavy atom. The Bertz CT molecular complexity index is 914. The third-order valence-corrected chi connectivity index (χ3v) is 3.48. The summed E-state index contributed by atoms with van der Waals surface area (Å²) in [6, 6.07) is 12.5. The van der Waals surface area contributed by atoms with Crippen LogP contribution in [0.5, 0.6) is 0 Å².